The first kappa shape index (κ1) is 17.2. The summed E-state index contributed by atoms with van der Waals surface area (Å²) in [6, 6.07) is 9.59. The van der Waals surface area contributed by atoms with E-state index < -0.39 is 11.7 Å². The molecule has 0 bridgehead atoms. The van der Waals surface area contributed by atoms with Gasteiger partial charge >= 0.3 is 6.09 Å². The second-order valence-electron chi connectivity index (χ2n) is 6.44. The number of amides is 1. The molecule has 0 spiro atoms. The van der Waals surface area contributed by atoms with Gasteiger partial charge in [-0.05, 0) is 26.3 Å². The largest absolute Gasteiger partial charge is 0.444 e. The molecule has 0 saturated heterocycles. The van der Waals surface area contributed by atoms with E-state index in [1.807, 2.05) is 65.0 Å². The molecule has 1 aromatic carbocycles. The maximum atomic E-state index is 12.3. The number of ether oxygens (including phenoxy) is 1. The Morgan fingerprint density at radius 2 is 1.71 bits per heavy atom. The number of rotatable bonds is 5. The van der Waals surface area contributed by atoms with Gasteiger partial charge in [0.05, 0.1) is 6.54 Å². The zero-order chi connectivity index (χ0) is 16.0. The van der Waals surface area contributed by atoms with Crippen LogP contribution in [0.2, 0.25) is 0 Å². The summed E-state index contributed by atoms with van der Waals surface area (Å²) in [6.45, 7) is 9.55. The highest BCUT2D eigenvalue weighted by atomic mass is 16.6. The highest BCUT2D eigenvalue weighted by Crippen LogP contribution is 2.13. The quantitative estimate of drug-likeness (QED) is 0.832. The van der Waals surface area contributed by atoms with Gasteiger partial charge in [0.2, 0.25) is 0 Å². The van der Waals surface area contributed by atoms with Crippen molar-refractivity contribution in [3.63, 3.8) is 0 Å². The number of ketones is 1. The summed E-state index contributed by atoms with van der Waals surface area (Å²) >= 11 is 0. The molecular formula is C17H25NO3. The number of carbonyl (C=O) groups is 2. The van der Waals surface area contributed by atoms with Crippen LogP contribution in [0.5, 0.6) is 0 Å². The molecule has 0 atom stereocenters. The molecule has 0 N–H and O–H groups in total. The Labute approximate surface area is 127 Å². The molecule has 0 fully saturated rings. The Kier molecular flexibility index (Phi) is 5.94. The third-order valence-corrected chi connectivity index (χ3v) is 2.86. The Balaban J connectivity index is 2.84. The van der Waals surface area contributed by atoms with E-state index in [-0.39, 0.29) is 18.2 Å². The van der Waals surface area contributed by atoms with Crippen molar-refractivity contribution in [2.75, 3.05) is 6.54 Å². The van der Waals surface area contributed by atoms with Gasteiger partial charge in [-0.1, -0.05) is 44.2 Å². The van der Waals surface area contributed by atoms with Gasteiger partial charge in [-0.15, -0.1) is 0 Å². The standard InChI is InChI=1S/C17H25NO3/c1-13(2)15(19)12-18(16(20)21-17(3,4)5)11-14-9-7-6-8-10-14/h6-10,13H,11-12H2,1-5H3. The second kappa shape index (κ2) is 7.25. The molecule has 4 nitrogen and oxygen atoms in total. The van der Waals surface area contributed by atoms with Crippen LogP contribution in [0.4, 0.5) is 4.79 Å². The zero-order valence-electron chi connectivity index (χ0n) is 13.6. The average molecular weight is 291 g/mol. The number of carbonyl (C=O) groups excluding carboxylic acids is 2. The zero-order valence-corrected chi connectivity index (χ0v) is 13.6. The van der Waals surface area contributed by atoms with Crippen LogP contribution in [-0.4, -0.2) is 28.9 Å². The SMILES string of the molecule is CC(C)C(=O)CN(Cc1ccccc1)C(=O)OC(C)(C)C. The maximum Gasteiger partial charge on any atom is 0.410 e. The van der Waals surface area contributed by atoms with E-state index in [2.05, 4.69) is 0 Å². The molecule has 21 heavy (non-hydrogen) atoms. The van der Waals surface area contributed by atoms with Gasteiger partial charge in [0.1, 0.15) is 5.60 Å². The van der Waals surface area contributed by atoms with Crippen LogP contribution in [0, 0.1) is 5.92 Å². The van der Waals surface area contributed by atoms with E-state index in [4.69, 9.17) is 4.74 Å². The summed E-state index contributed by atoms with van der Waals surface area (Å²) < 4.78 is 5.39. The van der Waals surface area contributed by atoms with E-state index in [1.54, 1.807) is 0 Å². The van der Waals surface area contributed by atoms with Gasteiger partial charge in [-0.3, -0.25) is 9.69 Å². The number of benzene rings is 1. The van der Waals surface area contributed by atoms with Crippen molar-refractivity contribution in [1.29, 1.82) is 0 Å². The Hall–Kier alpha value is -1.84. The lowest BCUT2D eigenvalue weighted by molar-refractivity contribution is -0.123. The molecule has 0 radical (unpaired) electrons. The van der Waals surface area contributed by atoms with Crippen LogP contribution in [0.15, 0.2) is 30.3 Å². The number of nitrogens with zero attached hydrogens (tertiary/aromatic N) is 1. The molecular weight excluding hydrogens is 266 g/mol. The van der Waals surface area contributed by atoms with Gasteiger partial charge in [-0.2, -0.15) is 0 Å². The first-order valence-electron chi connectivity index (χ1n) is 7.23. The third-order valence-electron chi connectivity index (χ3n) is 2.86. The minimum Gasteiger partial charge on any atom is -0.444 e. The van der Waals surface area contributed by atoms with Crippen LogP contribution in [0.25, 0.3) is 0 Å². The molecule has 1 amide bonds. The van der Waals surface area contributed by atoms with E-state index in [0.29, 0.717) is 6.54 Å². The van der Waals surface area contributed by atoms with E-state index in [9.17, 15) is 9.59 Å². The molecule has 0 unspecified atom stereocenters. The Morgan fingerprint density at radius 1 is 1.14 bits per heavy atom. The van der Waals surface area contributed by atoms with Crippen molar-refractivity contribution in [3.8, 4) is 0 Å². The monoisotopic (exact) mass is 291 g/mol. The van der Waals surface area contributed by atoms with Crippen molar-refractivity contribution in [1.82, 2.24) is 4.90 Å². The molecule has 1 aromatic rings. The van der Waals surface area contributed by atoms with Crippen LogP contribution < -0.4 is 0 Å². The molecule has 0 aliphatic heterocycles. The maximum absolute atomic E-state index is 12.3. The fourth-order valence-corrected chi connectivity index (χ4v) is 1.69. The normalized spacial score (nSPS) is 11.3. The van der Waals surface area contributed by atoms with Crippen LogP contribution in [0.1, 0.15) is 40.2 Å². The number of Topliss-reactive ketones (excluding diaryl/α,β-unsaturated/α-hetero) is 1. The first-order valence-corrected chi connectivity index (χ1v) is 7.23. The van der Waals surface area contributed by atoms with Crippen molar-refractivity contribution in [2.45, 2.75) is 46.8 Å². The van der Waals surface area contributed by atoms with Gasteiger partial charge in [0, 0.05) is 12.5 Å². The first-order chi connectivity index (χ1) is 9.69. The van der Waals surface area contributed by atoms with Crippen molar-refractivity contribution < 1.29 is 14.3 Å². The predicted octanol–water partition coefficient (Wildman–Crippen LogP) is 3.65. The molecule has 0 aromatic heterocycles. The molecule has 4 heteroatoms. The summed E-state index contributed by atoms with van der Waals surface area (Å²) in [4.78, 5) is 25.7. The van der Waals surface area contributed by atoms with E-state index in [0.717, 1.165) is 5.56 Å². The lowest BCUT2D eigenvalue weighted by atomic mass is 10.1. The van der Waals surface area contributed by atoms with Crippen molar-refractivity contribution >= 4 is 11.9 Å². The predicted molar refractivity (Wildman–Crippen MR) is 82.9 cm³/mol. The number of hydrogen-bond acceptors (Lipinski definition) is 3. The molecule has 0 heterocycles. The number of hydrogen-bond donors (Lipinski definition) is 0. The summed E-state index contributed by atoms with van der Waals surface area (Å²) in [5.74, 6) is -0.0810. The van der Waals surface area contributed by atoms with E-state index >= 15 is 0 Å². The summed E-state index contributed by atoms with van der Waals surface area (Å²) in [5.41, 5.74) is 0.396. The van der Waals surface area contributed by atoms with Gasteiger partial charge in [0.25, 0.3) is 0 Å². The minimum absolute atomic E-state index is 0.0248. The van der Waals surface area contributed by atoms with Crippen molar-refractivity contribution in [2.24, 2.45) is 5.92 Å². The molecule has 0 aliphatic carbocycles. The fraction of sp³-hybridized carbons (Fsp3) is 0.529. The molecule has 1 rings (SSSR count). The lowest BCUT2D eigenvalue weighted by Crippen LogP contribution is -2.40. The highest BCUT2D eigenvalue weighted by molar-refractivity contribution is 5.85. The van der Waals surface area contributed by atoms with Crippen LogP contribution in [0.3, 0.4) is 0 Å². The lowest BCUT2D eigenvalue weighted by Gasteiger charge is -2.27. The highest BCUT2D eigenvalue weighted by Gasteiger charge is 2.24. The smallest absolute Gasteiger partial charge is 0.410 e. The molecule has 116 valence electrons. The Bertz CT molecular complexity index is 475. The minimum atomic E-state index is -0.576. The average Bonchev–Trinajstić information content (AvgIpc) is 2.36. The topological polar surface area (TPSA) is 46.6 Å². The Morgan fingerprint density at radius 3 is 2.19 bits per heavy atom. The summed E-state index contributed by atoms with van der Waals surface area (Å²) in [5, 5.41) is 0. The van der Waals surface area contributed by atoms with E-state index in [1.165, 1.54) is 4.90 Å². The van der Waals surface area contributed by atoms with Gasteiger partial charge in [0.15, 0.2) is 5.78 Å². The van der Waals surface area contributed by atoms with Crippen molar-refractivity contribution in [3.05, 3.63) is 35.9 Å². The second-order valence-corrected chi connectivity index (χ2v) is 6.44. The third kappa shape index (κ3) is 6.43. The fourth-order valence-electron chi connectivity index (χ4n) is 1.69. The van der Waals surface area contributed by atoms with Gasteiger partial charge < -0.3 is 4.74 Å². The molecule has 0 saturated carbocycles. The van der Waals surface area contributed by atoms with Crippen LogP contribution >= 0.6 is 0 Å². The van der Waals surface area contributed by atoms with Gasteiger partial charge in [-0.25, -0.2) is 4.79 Å². The summed E-state index contributed by atoms with van der Waals surface area (Å²) in [7, 11) is 0. The summed E-state index contributed by atoms with van der Waals surface area (Å²) in [6.07, 6.45) is -0.458. The van der Waals surface area contributed by atoms with Crippen LogP contribution in [-0.2, 0) is 16.1 Å². The molecule has 0 aliphatic rings.